The summed E-state index contributed by atoms with van der Waals surface area (Å²) in [6.45, 7) is 0.167. The number of ketones is 1. The summed E-state index contributed by atoms with van der Waals surface area (Å²) in [5, 5.41) is 10.3. The molecule has 2 bridgehead atoms. The smallest absolute Gasteiger partial charge is 0.295 e. The number of methoxy groups -OCH3 is 4. The third kappa shape index (κ3) is 4.53. The van der Waals surface area contributed by atoms with Crippen LogP contribution in [0.5, 0.6) is 23.0 Å². The first-order valence-electron chi connectivity index (χ1n) is 11.8. The van der Waals surface area contributed by atoms with E-state index in [2.05, 4.69) is 6.07 Å². The Hall–Kier alpha value is -4.26. The third-order valence-corrected chi connectivity index (χ3v) is 7.03. The number of piperazine rings is 1. The number of carbonyl (C=O) groups excluding carboxylic acids is 3. The molecule has 2 atom stereocenters. The molecule has 0 aliphatic carbocycles. The molecule has 2 aromatic carbocycles. The zero-order chi connectivity index (χ0) is 26.7. The van der Waals surface area contributed by atoms with Crippen LogP contribution in [0.1, 0.15) is 35.2 Å². The summed E-state index contributed by atoms with van der Waals surface area (Å²) >= 11 is 0. The van der Waals surface area contributed by atoms with Gasteiger partial charge in [0.2, 0.25) is 11.7 Å². The summed E-state index contributed by atoms with van der Waals surface area (Å²) in [6.07, 6.45) is 1.35. The van der Waals surface area contributed by atoms with E-state index in [9.17, 15) is 19.6 Å². The van der Waals surface area contributed by atoms with E-state index < -0.39 is 23.3 Å². The predicted molar refractivity (Wildman–Crippen MR) is 132 cm³/mol. The number of hydrogen-bond donors (Lipinski definition) is 0. The predicted octanol–water partition coefficient (Wildman–Crippen LogP) is 2.59. The summed E-state index contributed by atoms with van der Waals surface area (Å²) in [7, 11) is 5.83. The highest BCUT2D eigenvalue weighted by molar-refractivity contribution is 6.43. The minimum Gasteiger partial charge on any atom is -0.497 e. The summed E-state index contributed by atoms with van der Waals surface area (Å²) in [5.41, 5.74) is -0.370. The van der Waals surface area contributed by atoms with Gasteiger partial charge in [0.05, 0.1) is 41.1 Å². The third-order valence-electron chi connectivity index (χ3n) is 7.03. The van der Waals surface area contributed by atoms with Crippen molar-refractivity contribution in [3.63, 3.8) is 0 Å². The fourth-order valence-corrected chi connectivity index (χ4v) is 5.06. The second-order valence-electron chi connectivity index (χ2n) is 9.00. The lowest BCUT2D eigenvalue weighted by Gasteiger charge is -2.47. The van der Waals surface area contributed by atoms with Crippen LogP contribution < -0.4 is 18.9 Å². The molecule has 0 saturated carbocycles. The fraction of sp³-hybridized carbons (Fsp3) is 0.407. The molecule has 3 aliphatic heterocycles. The van der Waals surface area contributed by atoms with Gasteiger partial charge in [0.1, 0.15) is 17.3 Å². The van der Waals surface area contributed by atoms with Gasteiger partial charge in [-0.3, -0.25) is 14.4 Å². The largest absolute Gasteiger partial charge is 0.497 e. The van der Waals surface area contributed by atoms with Crippen LogP contribution in [0.4, 0.5) is 0 Å². The van der Waals surface area contributed by atoms with E-state index in [0.717, 1.165) is 5.56 Å². The molecular formula is C27H29N3O7. The number of fused-ring (bicyclic) bond motifs is 4. The van der Waals surface area contributed by atoms with Crippen molar-refractivity contribution in [1.29, 1.82) is 5.26 Å². The van der Waals surface area contributed by atoms with E-state index in [-0.39, 0.29) is 41.8 Å². The van der Waals surface area contributed by atoms with Gasteiger partial charge < -0.3 is 28.7 Å². The van der Waals surface area contributed by atoms with E-state index in [1.807, 2.05) is 12.1 Å². The lowest BCUT2D eigenvalue weighted by atomic mass is 9.90. The highest BCUT2D eigenvalue weighted by Crippen LogP contribution is 2.40. The van der Waals surface area contributed by atoms with Crippen LogP contribution in [-0.4, -0.2) is 74.0 Å². The van der Waals surface area contributed by atoms with Gasteiger partial charge in [-0.2, -0.15) is 5.26 Å². The topological polar surface area (TPSA) is 118 Å². The number of Topliss-reactive ketones (excluding diaryl/α,β-unsaturated/α-hetero) is 1. The average Bonchev–Trinajstić information content (AvgIpc) is 3.21. The maximum Gasteiger partial charge on any atom is 0.295 e. The molecule has 5 rings (SSSR count). The highest BCUT2D eigenvalue weighted by atomic mass is 16.5. The molecule has 0 aromatic heterocycles. The van der Waals surface area contributed by atoms with Gasteiger partial charge >= 0.3 is 0 Å². The van der Waals surface area contributed by atoms with Crippen molar-refractivity contribution in [3.8, 4) is 29.1 Å². The second-order valence-corrected chi connectivity index (χ2v) is 9.00. The van der Waals surface area contributed by atoms with Gasteiger partial charge in [-0.1, -0.05) is 12.1 Å². The molecule has 0 spiro atoms. The summed E-state index contributed by atoms with van der Waals surface area (Å²) in [4.78, 5) is 43.3. The zero-order valence-corrected chi connectivity index (χ0v) is 21.3. The summed E-state index contributed by atoms with van der Waals surface area (Å²) < 4.78 is 21.1. The number of carbonyl (C=O) groups is 3. The Morgan fingerprint density at radius 3 is 2.22 bits per heavy atom. The number of rotatable bonds is 8. The van der Waals surface area contributed by atoms with Crippen molar-refractivity contribution < 1.29 is 33.3 Å². The van der Waals surface area contributed by atoms with Gasteiger partial charge in [-0.15, -0.1) is 0 Å². The maximum absolute atomic E-state index is 13.6. The molecule has 3 aliphatic rings. The lowest BCUT2D eigenvalue weighted by Crippen LogP contribution is -2.67. The summed E-state index contributed by atoms with van der Waals surface area (Å²) in [5.74, 6) is -0.587. The molecule has 3 fully saturated rings. The Balaban J connectivity index is 1.64. The number of ether oxygens (including phenoxy) is 4. The van der Waals surface area contributed by atoms with Crippen LogP contribution in [0.3, 0.4) is 0 Å². The van der Waals surface area contributed by atoms with Crippen molar-refractivity contribution >= 4 is 17.6 Å². The van der Waals surface area contributed by atoms with Gasteiger partial charge in [0.15, 0.2) is 11.5 Å². The minimum atomic E-state index is -1.24. The van der Waals surface area contributed by atoms with E-state index in [1.54, 1.807) is 24.1 Å². The van der Waals surface area contributed by atoms with E-state index in [0.29, 0.717) is 25.0 Å². The zero-order valence-electron chi connectivity index (χ0n) is 21.3. The van der Waals surface area contributed by atoms with Gasteiger partial charge in [-0.25, -0.2) is 0 Å². The Kier molecular flexibility index (Phi) is 7.25. The number of amides is 2. The van der Waals surface area contributed by atoms with Crippen molar-refractivity contribution in [2.24, 2.45) is 0 Å². The van der Waals surface area contributed by atoms with E-state index in [4.69, 9.17) is 18.9 Å². The van der Waals surface area contributed by atoms with E-state index in [1.165, 1.54) is 38.4 Å². The normalized spacial score (nSPS) is 20.6. The molecule has 3 saturated heterocycles. The molecule has 0 N–H and O–H groups in total. The first kappa shape index (κ1) is 25.8. The van der Waals surface area contributed by atoms with Crippen LogP contribution in [0.15, 0.2) is 36.4 Å². The first-order valence-corrected chi connectivity index (χ1v) is 11.8. The second kappa shape index (κ2) is 10.4. The van der Waals surface area contributed by atoms with Crippen LogP contribution in [0.2, 0.25) is 0 Å². The summed E-state index contributed by atoms with van der Waals surface area (Å²) in [6, 6.07) is 11.5. The highest BCUT2D eigenvalue weighted by Gasteiger charge is 2.54. The molecule has 3 heterocycles. The van der Waals surface area contributed by atoms with Gasteiger partial charge in [-0.05, 0) is 49.1 Å². The molecule has 2 unspecified atom stereocenters. The number of nitriles is 1. The van der Waals surface area contributed by atoms with Crippen molar-refractivity contribution in [2.45, 2.75) is 37.4 Å². The molecular weight excluding hydrogens is 478 g/mol. The Morgan fingerprint density at radius 2 is 1.68 bits per heavy atom. The first-order chi connectivity index (χ1) is 17.8. The molecule has 10 nitrogen and oxygen atoms in total. The van der Waals surface area contributed by atoms with Crippen LogP contribution in [0.25, 0.3) is 0 Å². The molecule has 0 radical (unpaired) electrons. The Labute approximate surface area is 215 Å². The Morgan fingerprint density at radius 1 is 1.03 bits per heavy atom. The number of nitrogens with zero attached hydrogens (tertiary/aromatic N) is 3. The Bertz CT molecular complexity index is 1230. The van der Waals surface area contributed by atoms with Crippen molar-refractivity contribution in [1.82, 2.24) is 9.80 Å². The standard InChI is InChI=1S/C27H29N3O7/c1-34-19-9-7-17(8-10-19)14-30-25(32)20-6-5-11-27(30,15-28)16-29(20)26(33)23(31)18-12-21(35-2)24(37-4)22(13-18)36-3/h7-10,12-13,20H,5-6,11,14,16H2,1-4H3. The number of benzene rings is 2. The monoisotopic (exact) mass is 507 g/mol. The SMILES string of the molecule is COc1ccc(CN2C(=O)C3CCCC2(C#N)CN3C(=O)C(=O)c2cc(OC)c(OC)c(OC)c2)cc1. The van der Waals surface area contributed by atoms with Crippen molar-refractivity contribution in [3.05, 3.63) is 47.5 Å². The lowest BCUT2D eigenvalue weighted by molar-refractivity contribution is -0.155. The average molecular weight is 508 g/mol. The molecule has 10 heteroatoms. The maximum atomic E-state index is 13.6. The van der Waals surface area contributed by atoms with Crippen LogP contribution >= 0.6 is 0 Å². The molecule has 2 amide bonds. The van der Waals surface area contributed by atoms with Crippen LogP contribution in [0, 0.1) is 11.3 Å². The molecule has 37 heavy (non-hydrogen) atoms. The van der Waals surface area contributed by atoms with E-state index >= 15 is 0 Å². The van der Waals surface area contributed by atoms with Crippen LogP contribution in [-0.2, 0) is 16.1 Å². The van der Waals surface area contributed by atoms with Gasteiger partial charge in [0.25, 0.3) is 11.7 Å². The molecule has 194 valence electrons. The molecule has 2 aromatic rings. The minimum absolute atomic E-state index is 0.0353. The van der Waals surface area contributed by atoms with Gasteiger partial charge in [0, 0.05) is 12.1 Å². The van der Waals surface area contributed by atoms with Crippen molar-refractivity contribution in [2.75, 3.05) is 35.0 Å². The number of hydrogen-bond acceptors (Lipinski definition) is 8. The fourth-order valence-electron chi connectivity index (χ4n) is 5.06. The quantitative estimate of drug-likeness (QED) is 0.395.